The Kier molecular flexibility index (Phi) is 12.3. The third-order valence-corrected chi connectivity index (χ3v) is 2.53. The molecule has 0 fully saturated rings. The van der Waals surface area contributed by atoms with Gasteiger partial charge in [-0.05, 0) is 12.7 Å². The fourth-order valence-electron chi connectivity index (χ4n) is 0.858. The van der Waals surface area contributed by atoms with Gasteiger partial charge < -0.3 is 10.2 Å². The maximum Gasteiger partial charge on any atom is 0.372 e. The van der Waals surface area contributed by atoms with Gasteiger partial charge in [-0.1, -0.05) is 20.3 Å². The fourth-order valence-corrected chi connectivity index (χ4v) is 1.25. The molecule has 17 heavy (non-hydrogen) atoms. The second-order valence-electron chi connectivity index (χ2n) is 3.50. The molecule has 0 heterocycles. The number of carboxylic acids is 2. The first-order valence-electron chi connectivity index (χ1n) is 5.34. The van der Waals surface area contributed by atoms with Crippen LogP contribution in [0.4, 0.5) is 0 Å². The Hall–Kier alpha value is -1.04. The molecule has 0 aromatic heterocycles. The molecular weight excluding hydrogens is 244 g/mol. The second kappa shape index (κ2) is 11.4. The van der Waals surface area contributed by atoms with E-state index < -0.39 is 17.7 Å². The number of Topliss-reactive ketones (excluding diaryl/α,β-unsaturated/α-hetero) is 1. The normalized spacial score (nSPS) is 11.0. The largest absolute Gasteiger partial charge is 0.481 e. The van der Waals surface area contributed by atoms with E-state index in [0.717, 1.165) is 12.8 Å². The lowest BCUT2D eigenvalue weighted by Gasteiger charge is -2.00. The van der Waals surface area contributed by atoms with Crippen LogP contribution in [0.3, 0.4) is 0 Å². The molecule has 0 bridgehead atoms. The number of carbonyl (C=O) groups is 3. The molecular formula is C11H20O5S. The topological polar surface area (TPSA) is 91.7 Å². The Morgan fingerprint density at radius 2 is 1.76 bits per heavy atom. The van der Waals surface area contributed by atoms with Crippen LogP contribution in [0.1, 0.15) is 33.1 Å². The molecule has 0 aliphatic heterocycles. The molecule has 0 saturated carbocycles. The number of carbonyl (C=O) groups excluding carboxylic acids is 1. The molecule has 5 nitrogen and oxygen atoms in total. The second-order valence-corrected chi connectivity index (χ2v) is 4.48. The van der Waals surface area contributed by atoms with E-state index in [0.29, 0.717) is 5.75 Å². The summed E-state index contributed by atoms with van der Waals surface area (Å²) in [5, 5.41) is 16.4. The number of hydrogen-bond acceptors (Lipinski definition) is 4. The highest BCUT2D eigenvalue weighted by molar-refractivity contribution is 7.98. The van der Waals surface area contributed by atoms with E-state index in [-0.39, 0.29) is 12.3 Å². The smallest absolute Gasteiger partial charge is 0.372 e. The average Bonchev–Trinajstić information content (AvgIpc) is 2.26. The molecule has 0 aromatic rings. The molecule has 6 heteroatoms. The van der Waals surface area contributed by atoms with Crippen molar-refractivity contribution in [1.29, 1.82) is 0 Å². The summed E-state index contributed by atoms with van der Waals surface area (Å²) in [6.07, 6.45) is 3.70. The molecule has 0 aliphatic rings. The summed E-state index contributed by atoms with van der Waals surface area (Å²) in [4.78, 5) is 30.2. The van der Waals surface area contributed by atoms with Crippen molar-refractivity contribution in [3.8, 4) is 0 Å². The summed E-state index contributed by atoms with van der Waals surface area (Å²) < 4.78 is 0. The van der Waals surface area contributed by atoms with Gasteiger partial charge in [-0.3, -0.25) is 9.59 Å². The van der Waals surface area contributed by atoms with E-state index >= 15 is 0 Å². The van der Waals surface area contributed by atoms with Crippen molar-refractivity contribution in [2.45, 2.75) is 33.1 Å². The minimum Gasteiger partial charge on any atom is -0.481 e. The molecule has 1 atom stereocenters. The Labute approximate surface area is 106 Å². The predicted molar refractivity (Wildman–Crippen MR) is 67.3 cm³/mol. The minimum absolute atomic E-state index is 0.135. The molecule has 0 saturated heterocycles. The fraction of sp³-hybridized carbons (Fsp3) is 0.727. The third-order valence-electron chi connectivity index (χ3n) is 1.92. The highest BCUT2D eigenvalue weighted by Gasteiger charge is 2.09. The van der Waals surface area contributed by atoms with Gasteiger partial charge in [0.25, 0.3) is 0 Å². The van der Waals surface area contributed by atoms with Crippen LogP contribution < -0.4 is 0 Å². The highest BCUT2D eigenvalue weighted by Crippen LogP contribution is 2.03. The molecule has 0 amide bonds. The zero-order chi connectivity index (χ0) is 13.8. The molecule has 0 rings (SSSR count). The SMILES string of the molecule is CCCC(C)C(=O)O.CSCCC(=O)C(=O)O. The van der Waals surface area contributed by atoms with E-state index in [1.807, 2.05) is 13.2 Å². The quantitative estimate of drug-likeness (QED) is 0.682. The third kappa shape index (κ3) is 12.9. The van der Waals surface area contributed by atoms with Crippen molar-refractivity contribution in [2.24, 2.45) is 5.92 Å². The summed E-state index contributed by atoms with van der Waals surface area (Å²) in [7, 11) is 0. The van der Waals surface area contributed by atoms with E-state index in [4.69, 9.17) is 10.2 Å². The zero-order valence-electron chi connectivity index (χ0n) is 10.4. The number of carboxylic acid groups (broad SMARTS) is 2. The minimum atomic E-state index is -1.33. The lowest BCUT2D eigenvalue weighted by Crippen LogP contribution is -2.12. The summed E-state index contributed by atoms with van der Waals surface area (Å²) in [6, 6.07) is 0. The van der Waals surface area contributed by atoms with E-state index in [2.05, 4.69) is 0 Å². The van der Waals surface area contributed by atoms with Crippen LogP contribution in [-0.4, -0.2) is 39.9 Å². The summed E-state index contributed by atoms with van der Waals surface area (Å²) in [5.74, 6) is -2.30. The van der Waals surface area contributed by atoms with E-state index in [1.165, 1.54) is 11.8 Å². The van der Waals surface area contributed by atoms with Crippen LogP contribution in [0.25, 0.3) is 0 Å². The molecule has 2 N–H and O–H groups in total. The molecule has 0 aliphatic carbocycles. The van der Waals surface area contributed by atoms with E-state index in [1.54, 1.807) is 6.92 Å². The summed E-state index contributed by atoms with van der Waals surface area (Å²) in [5.41, 5.74) is 0. The number of rotatable bonds is 7. The lowest BCUT2D eigenvalue weighted by molar-refractivity contribution is -0.148. The van der Waals surface area contributed by atoms with Gasteiger partial charge in [-0.25, -0.2) is 4.79 Å². The molecule has 100 valence electrons. The highest BCUT2D eigenvalue weighted by atomic mass is 32.2. The van der Waals surface area contributed by atoms with Gasteiger partial charge in [0.2, 0.25) is 5.78 Å². The number of ketones is 1. The molecule has 1 unspecified atom stereocenters. The summed E-state index contributed by atoms with van der Waals surface area (Å²) in [6.45, 7) is 3.71. The standard InChI is InChI=1S/C6H12O2.C5H8O3S/c1-3-4-5(2)6(7)8;1-9-3-2-4(6)5(7)8/h5H,3-4H2,1-2H3,(H,7,8);2-3H2,1H3,(H,7,8). The average molecular weight is 264 g/mol. The summed E-state index contributed by atoms with van der Waals surface area (Å²) >= 11 is 1.46. The van der Waals surface area contributed by atoms with Gasteiger partial charge >= 0.3 is 11.9 Å². The molecule has 0 aromatic carbocycles. The van der Waals surface area contributed by atoms with Crippen LogP contribution in [0, 0.1) is 5.92 Å². The van der Waals surface area contributed by atoms with Crippen molar-refractivity contribution >= 4 is 29.5 Å². The Balaban J connectivity index is 0. The first kappa shape index (κ1) is 18.3. The van der Waals surface area contributed by atoms with Crippen LogP contribution in [0.15, 0.2) is 0 Å². The van der Waals surface area contributed by atoms with Crippen LogP contribution in [0.5, 0.6) is 0 Å². The van der Waals surface area contributed by atoms with Crippen LogP contribution >= 0.6 is 11.8 Å². The number of thioether (sulfide) groups is 1. The first-order chi connectivity index (χ1) is 7.86. The Morgan fingerprint density at radius 3 is 2.00 bits per heavy atom. The van der Waals surface area contributed by atoms with Gasteiger partial charge in [0.1, 0.15) is 0 Å². The first-order valence-corrected chi connectivity index (χ1v) is 6.74. The van der Waals surface area contributed by atoms with E-state index in [9.17, 15) is 14.4 Å². The Morgan fingerprint density at radius 1 is 1.24 bits per heavy atom. The van der Waals surface area contributed by atoms with Gasteiger partial charge in [0.05, 0.1) is 5.92 Å². The van der Waals surface area contributed by atoms with Gasteiger partial charge in [-0.15, -0.1) is 0 Å². The molecule has 0 radical (unpaired) electrons. The van der Waals surface area contributed by atoms with Gasteiger partial charge in [0, 0.05) is 12.2 Å². The van der Waals surface area contributed by atoms with Crippen molar-refractivity contribution in [3.05, 3.63) is 0 Å². The monoisotopic (exact) mass is 264 g/mol. The van der Waals surface area contributed by atoms with Crippen molar-refractivity contribution < 1.29 is 24.6 Å². The number of hydrogen-bond donors (Lipinski definition) is 2. The van der Waals surface area contributed by atoms with Gasteiger partial charge in [-0.2, -0.15) is 11.8 Å². The maximum absolute atomic E-state index is 10.3. The maximum atomic E-state index is 10.3. The Bertz CT molecular complexity index is 252. The van der Waals surface area contributed by atoms with Crippen LogP contribution in [0.2, 0.25) is 0 Å². The zero-order valence-corrected chi connectivity index (χ0v) is 11.2. The predicted octanol–water partition coefficient (Wildman–Crippen LogP) is 1.90. The molecule has 0 spiro atoms. The van der Waals surface area contributed by atoms with Crippen molar-refractivity contribution in [2.75, 3.05) is 12.0 Å². The number of aliphatic carboxylic acids is 2. The van der Waals surface area contributed by atoms with Crippen LogP contribution in [-0.2, 0) is 14.4 Å². The van der Waals surface area contributed by atoms with Crippen molar-refractivity contribution in [1.82, 2.24) is 0 Å². The van der Waals surface area contributed by atoms with Crippen molar-refractivity contribution in [3.63, 3.8) is 0 Å². The van der Waals surface area contributed by atoms with Gasteiger partial charge in [0.15, 0.2) is 0 Å². The lowest BCUT2D eigenvalue weighted by atomic mass is 10.1.